The molecule has 1 saturated carbocycles. The van der Waals surface area contributed by atoms with Crippen LogP contribution in [0.2, 0.25) is 0 Å². The van der Waals surface area contributed by atoms with E-state index < -0.39 is 11.8 Å². The summed E-state index contributed by atoms with van der Waals surface area (Å²) >= 11 is 8.98. The van der Waals surface area contributed by atoms with E-state index in [0.717, 1.165) is 25.7 Å². The maximum absolute atomic E-state index is 11.6. The van der Waals surface area contributed by atoms with Gasteiger partial charge in [-0.3, -0.25) is 4.79 Å². The Morgan fingerprint density at radius 3 is 2.47 bits per heavy atom. The first-order valence-electron chi connectivity index (χ1n) is 6.22. The number of esters is 1. The Bertz CT molecular complexity index is 354. The van der Waals surface area contributed by atoms with Gasteiger partial charge in [0.05, 0.1) is 11.9 Å². The molecule has 1 fully saturated rings. The van der Waals surface area contributed by atoms with Crippen LogP contribution < -0.4 is 0 Å². The van der Waals surface area contributed by atoms with Crippen molar-refractivity contribution in [2.24, 2.45) is 5.16 Å². The average Bonchev–Trinajstić information content (AvgIpc) is 2.41. The molecule has 0 aliphatic heterocycles. The summed E-state index contributed by atoms with van der Waals surface area (Å²) in [4.78, 5) is 28.4. The zero-order valence-corrected chi connectivity index (χ0v) is 13.1. The molecule has 5 nitrogen and oxygen atoms in total. The fourth-order valence-electron chi connectivity index (χ4n) is 1.72. The van der Waals surface area contributed by atoms with Crippen molar-refractivity contribution in [3.63, 3.8) is 0 Å². The van der Waals surface area contributed by atoms with E-state index in [0.29, 0.717) is 0 Å². The maximum Gasteiger partial charge on any atom is 0.364 e. The summed E-state index contributed by atoms with van der Waals surface area (Å²) < 4.78 is 4.77. The summed E-state index contributed by atoms with van der Waals surface area (Å²) in [5, 5.41) is 3.86. The number of carbonyl (C=O) groups is 2. The third-order valence-corrected chi connectivity index (χ3v) is 3.70. The Morgan fingerprint density at radius 2 is 1.95 bits per heavy atom. The molecular formula is C12H17BrClNO4. The van der Waals surface area contributed by atoms with Crippen LogP contribution in [-0.2, 0) is 19.2 Å². The summed E-state index contributed by atoms with van der Waals surface area (Å²) in [6, 6.07) is 0. The molecule has 0 atom stereocenters. The van der Waals surface area contributed by atoms with Gasteiger partial charge in [-0.2, -0.15) is 0 Å². The smallest absolute Gasteiger partial charge is 0.364 e. The predicted octanol–water partition coefficient (Wildman–Crippen LogP) is 2.44. The number of ether oxygens (including phenoxy) is 1. The molecule has 0 aromatic rings. The summed E-state index contributed by atoms with van der Waals surface area (Å²) in [6.45, 7) is 1.85. The Hall–Kier alpha value is -0.620. The Morgan fingerprint density at radius 1 is 1.32 bits per heavy atom. The van der Waals surface area contributed by atoms with Crippen LogP contribution in [0.25, 0.3) is 0 Å². The molecule has 0 unspecified atom stereocenters. The third kappa shape index (κ3) is 5.48. The SMILES string of the molecule is CCOC(=O)C(=NO[C@H]1CC[C@@H](Cl)CC1)C(=O)CBr. The van der Waals surface area contributed by atoms with Gasteiger partial charge in [-0.25, -0.2) is 4.79 Å². The summed E-state index contributed by atoms with van der Waals surface area (Å²) in [6.07, 6.45) is 3.15. The highest BCUT2D eigenvalue weighted by Gasteiger charge is 2.24. The second kappa shape index (κ2) is 8.53. The standard InChI is InChI=1S/C12H17BrClNO4/c1-2-18-12(17)11(10(16)7-13)15-19-9-5-3-8(14)4-6-9/h8-9H,2-7H2,1H3/t8-,9+. The molecule has 0 spiro atoms. The molecular weight excluding hydrogens is 337 g/mol. The fraction of sp³-hybridized carbons (Fsp3) is 0.750. The van der Waals surface area contributed by atoms with Crippen molar-refractivity contribution in [2.75, 3.05) is 11.9 Å². The van der Waals surface area contributed by atoms with Crippen LogP contribution in [0.1, 0.15) is 32.6 Å². The van der Waals surface area contributed by atoms with E-state index >= 15 is 0 Å². The number of ketones is 1. The van der Waals surface area contributed by atoms with Crippen molar-refractivity contribution in [3.8, 4) is 0 Å². The summed E-state index contributed by atoms with van der Waals surface area (Å²) in [5.41, 5.74) is -0.299. The lowest BCUT2D eigenvalue weighted by Gasteiger charge is -2.23. The number of carbonyl (C=O) groups excluding carboxylic acids is 2. The molecule has 0 bridgehead atoms. The van der Waals surface area contributed by atoms with Crippen LogP contribution in [0.5, 0.6) is 0 Å². The molecule has 1 aliphatic carbocycles. The van der Waals surface area contributed by atoms with Gasteiger partial charge in [-0.05, 0) is 32.6 Å². The van der Waals surface area contributed by atoms with E-state index in [1.54, 1.807) is 6.92 Å². The number of hydrogen-bond acceptors (Lipinski definition) is 5. The Kier molecular flexibility index (Phi) is 7.38. The first-order valence-corrected chi connectivity index (χ1v) is 7.78. The van der Waals surface area contributed by atoms with Gasteiger partial charge in [0, 0.05) is 5.38 Å². The van der Waals surface area contributed by atoms with E-state index in [9.17, 15) is 9.59 Å². The average molecular weight is 355 g/mol. The van der Waals surface area contributed by atoms with Crippen LogP contribution in [0.15, 0.2) is 5.16 Å². The third-order valence-electron chi connectivity index (χ3n) is 2.75. The van der Waals surface area contributed by atoms with Gasteiger partial charge in [0.1, 0.15) is 6.10 Å². The molecule has 0 aromatic heterocycles. The second-order valence-corrected chi connectivity index (χ2v) is 5.37. The van der Waals surface area contributed by atoms with Crippen LogP contribution >= 0.6 is 27.5 Å². The number of oxime groups is 1. The Balaban J connectivity index is 2.61. The minimum absolute atomic E-state index is 0.00241. The second-order valence-electron chi connectivity index (χ2n) is 4.20. The molecule has 19 heavy (non-hydrogen) atoms. The fourth-order valence-corrected chi connectivity index (χ4v) is 2.24. The highest BCUT2D eigenvalue weighted by molar-refractivity contribution is 9.09. The van der Waals surface area contributed by atoms with Crippen molar-refractivity contribution in [1.29, 1.82) is 0 Å². The Labute approximate surface area is 125 Å². The van der Waals surface area contributed by atoms with Gasteiger partial charge >= 0.3 is 5.97 Å². The lowest BCUT2D eigenvalue weighted by molar-refractivity contribution is -0.136. The molecule has 0 N–H and O–H groups in total. The topological polar surface area (TPSA) is 65.0 Å². The molecule has 1 aliphatic rings. The number of halogens is 2. The number of alkyl halides is 2. The van der Waals surface area contributed by atoms with Crippen LogP contribution in [0, 0.1) is 0 Å². The van der Waals surface area contributed by atoms with E-state index in [1.165, 1.54) is 0 Å². The van der Waals surface area contributed by atoms with Crippen molar-refractivity contribution < 1.29 is 19.2 Å². The number of hydrogen-bond donors (Lipinski definition) is 0. The number of Topliss-reactive ketones (excluding diaryl/α,β-unsaturated/α-hetero) is 1. The minimum Gasteiger partial charge on any atom is -0.461 e. The van der Waals surface area contributed by atoms with Crippen LogP contribution in [0.4, 0.5) is 0 Å². The minimum atomic E-state index is -0.752. The quantitative estimate of drug-likeness (QED) is 0.242. The van der Waals surface area contributed by atoms with E-state index in [1.807, 2.05) is 0 Å². The molecule has 0 aromatic carbocycles. The van der Waals surface area contributed by atoms with E-state index in [-0.39, 0.29) is 29.1 Å². The zero-order valence-electron chi connectivity index (χ0n) is 10.7. The van der Waals surface area contributed by atoms with E-state index in [4.69, 9.17) is 21.2 Å². The molecule has 0 heterocycles. The van der Waals surface area contributed by atoms with Crippen molar-refractivity contribution >= 4 is 45.0 Å². The maximum atomic E-state index is 11.6. The van der Waals surface area contributed by atoms with Gasteiger partial charge in [0.25, 0.3) is 0 Å². The molecule has 0 amide bonds. The van der Waals surface area contributed by atoms with Crippen molar-refractivity contribution in [1.82, 2.24) is 0 Å². The molecule has 0 saturated heterocycles. The largest absolute Gasteiger partial charge is 0.461 e. The highest BCUT2D eigenvalue weighted by Crippen LogP contribution is 2.25. The van der Waals surface area contributed by atoms with E-state index in [2.05, 4.69) is 21.1 Å². The number of rotatable bonds is 6. The molecule has 1 rings (SSSR count). The lowest BCUT2D eigenvalue weighted by atomic mass is 9.97. The molecule has 7 heteroatoms. The van der Waals surface area contributed by atoms with Crippen LogP contribution in [-0.4, -0.2) is 40.9 Å². The zero-order chi connectivity index (χ0) is 14.3. The van der Waals surface area contributed by atoms with Crippen LogP contribution in [0.3, 0.4) is 0 Å². The first kappa shape index (κ1) is 16.4. The number of nitrogens with zero attached hydrogens (tertiary/aromatic N) is 1. The van der Waals surface area contributed by atoms with Crippen molar-refractivity contribution in [3.05, 3.63) is 0 Å². The normalized spacial score (nSPS) is 23.8. The molecule has 108 valence electrons. The first-order chi connectivity index (χ1) is 9.08. The van der Waals surface area contributed by atoms with Crippen molar-refractivity contribution in [2.45, 2.75) is 44.1 Å². The highest BCUT2D eigenvalue weighted by atomic mass is 79.9. The van der Waals surface area contributed by atoms with Gasteiger partial charge in [0.15, 0.2) is 0 Å². The predicted molar refractivity (Wildman–Crippen MR) is 75.9 cm³/mol. The lowest BCUT2D eigenvalue weighted by Crippen LogP contribution is -2.29. The van der Waals surface area contributed by atoms with Gasteiger partial charge in [-0.15, -0.1) is 11.6 Å². The summed E-state index contributed by atoms with van der Waals surface area (Å²) in [7, 11) is 0. The summed E-state index contributed by atoms with van der Waals surface area (Å²) in [5.74, 6) is -1.21. The van der Waals surface area contributed by atoms with Gasteiger partial charge < -0.3 is 9.57 Å². The van der Waals surface area contributed by atoms with Gasteiger partial charge in [-0.1, -0.05) is 21.1 Å². The molecule has 0 radical (unpaired) electrons. The monoisotopic (exact) mass is 353 g/mol. The van der Waals surface area contributed by atoms with Gasteiger partial charge in [0.2, 0.25) is 11.5 Å².